The van der Waals surface area contributed by atoms with Crippen LogP contribution in [0.3, 0.4) is 0 Å². The second-order valence-corrected chi connectivity index (χ2v) is 3.92. The monoisotopic (exact) mass is 268 g/mol. The molecule has 0 atom stereocenters. The number of carbonyl (C=O) groups is 1. The molecule has 2 aromatic rings. The molecule has 0 bridgehead atoms. The molecule has 0 fully saturated rings. The molecule has 0 saturated heterocycles. The van der Waals surface area contributed by atoms with Gasteiger partial charge in [-0.1, -0.05) is 19.1 Å². The molecule has 0 saturated carbocycles. The van der Waals surface area contributed by atoms with Crippen LogP contribution in [0, 0.1) is 0 Å². The molecule has 0 radical (unpaired) electrons. The molecule has 1 aromatic carbocycles. The second kappa shape index (κ2) is 4.87. The predicted octanol–water partition coefficient (Wildman–Crippen LogP) is 3.15. The van der Waals surface area contributed by atoms with Gasteiger partial charge in [-0.3, -0.25) is 9.36 Å². The van der Waals surface area contributed by atoms with E-state index in [0.29, 0.717) is 12.2 Å². The van der Waals surface area contributed by atoms with E-state index in [1.807, 2.05) is 0 Å². The van der Waals surface area contributed by atoms with Crippen LogP contribution in [0.5, 0.6) is 0 Å². The number of carbonyl (C=O) groups excluding carboxylic acids is 1. The third-order valence-electron chi connectivity index (χ3n) is 2.72. The summed E-state index contributed by atoms with van der Waals surface area (Å²) in [4.78, 5) is 16.1. The average molecular weight is 268 g/mol. The molecule has 0 spiro atoms. The van der Waals surface area contributed by atoms with Crippen molar-refractivity contribution in [2.24, 2.45) is 0 Å². The molecule has 0 N–H and O–H groups in total. The Morgan fingerprint density at radius 1 is 1.32 bits per heavy atom. The van der Waals surface area contributed by atoms with Gasteiger partial charge in [-0.05, 0) is 12.1 Å². The van der Waals surface area contributed by atoms with E-state index < -0.39 is 17.6 Å². The first-order valence-corrected chi connectivity index (χ1v) is 5.68. The van der Waals surface area contributed by atoms with Gasteiger partial charge in [-0.2, -0.15) is 13.2 Å². The number of hydrogen-bond acceptors (Lipinski definition) is 2. The van der Waals surface area contributed by atoms with Gasteiger partial charge in [0.15, 0.2) is 0 Å². The molecule has 3 nitrogen and oxygen atoms in total. The Hall–Kier alpha value is -2.11. The number of aromatic nitrogens is 2. The van der Waals surface area contributed by atoms with Gasteiger partial charge in [0.05, 0.1) is 11.1 Å². The van der Waals surface area contributed by atoms with E-state index in [0.717, 1.165) is 10.6 Å². The highest BCUT2D eigenvalue weighted by atomic mass is 19.4. The molecule has 0 unspecified atom stereocenters. The number of aryl methyl sites for hydroxylation is 1. The molecule has 1 heterocycles. The third-order valence-corrected chi connectivity index (χ3v) is 2.72. The molecule has 19 heavy (non-hydrogen) atoms. The summed E-state index contributed by atoms with van der Waals surface area (Å²) >= 11 is 0. The SMILES string of the molecule is CCc1nccn1C(=O)c1ccccc1C(F)(F)F. The minimum Gasteiger partial charge on any atom is -0.270 e. The zero-order valence-electron chi connectivity index (χ0n) is 10.1. The lowest BCUT2D eigenvalue weighted by Gasteiger charge is -2.12. The van der Waals surface area contributed by atoms with Crippen molar-refractivity contribution in [1.82, 2.24) is 9.55 Å². The van der Waals surface area contributed by atoms with Gasteiger partial charge in [-0.15, -0.1) is 0 Å². The van der Waals surface area contributed by atoms with Crippen LogP contribution in [-0.4, -0.2) is 15.5 Å². The van der Waals surface area contributed by atoms with Crippen molar-refractivity contribution in [3.63, 3.8) is 0 Å². The van der Waals surface area contributed by atoms with Gasteiger partial charge in [0.1, 0.15) is 5.82 Å². The number of halogens is 3. The Labute approximate surface area is 107 Å². The first kappa shape index (κ1) is 13.3. The van der Waals surface area contributed by atoms with Crippen molar-refractivity contribution in [2.75, 3.05) is 0 Å². The zero-order valence-corrected chi connectivity index (χ0v) is 10.1. The van der Waals surface area contributed by atoms with Crippen LogP contribution in [0.1, 0.15) is 28.7 Å². The lowest BCUT2D eigenvalue weighted by atomic mass is 10.1. The Balaban J connectivity index is 2.51. The number of imidazole rings is 1. The van der Waals surface area contributed by atoms with E-state index in [2.05, 4.69) is 4.98 Å². The van der Waals surface area contributed by atoms with Gasteiger partial charge in [0.25, 0.3) is 5.91 Å². The number of alkyl halides is 3. The summed E-state index contributed by atoms with van der Waals surface area (Å²) in [6.45, 7) is 1.78. The maximum Gasteiger partial charge on any atom is 0.417 e. The Bertz CT molecular complexity index is 602. The van der Waals surface area contributed by atoms with Crippen molar-refractivity contribution in [3.8, 4) is 0 Å². The van der Waals surface area contributed by atoms with Crippen molar-refractivity contribution in [2.45, 2.75) is 19.5 Å². The summed E-state index contributed by atoms with van der Waals surface area (Å²) in [5, 5.41) is 0. The van der Waals surface area contributed by atoms with Crippen molar-refractivity contribution in [3.05, 3.63) is 53.6 Å². The molecule has 0 aliphatic carbocycles. The summed E-state index contributed by atoms with van der Waals surface area (Å²) < 4.78 is 39.7. The zero-order chi connectivity index (χ0) is 14.0. The largest absolute Gasteiger partial charge is 0.417 e. The molecule has 0 aliphatic rings. The standard InChI is InChI=1S/C13H11F3N2O/c1-2-11-17-7-8-18(11)12(19)9-5-3-4-6-10(9)13(14,15)16/h3-8H,2H2,1H3. The van der Waals surface area contributed by atoms with Crippen LogP contribution in [0.4, 0.5) is 13.2 Å². The lowest BCUT2D eigenvalue weighted by molar-refractivity contribution is -0.137. The molecule has 100 valence electrons. The van der Waals surface area contributed by atoms with E-state index in [-0.39, 0.29) is 5.56 Å². The highest BCUT2D eigenvalue weighted by Gasteiger charge is 2.35. The average Bonchev–Trinajstić information content (AvgIpc) is 2.85. The Morgan fingerprint density at radius 2 is 2.00 bits per heavy atom. The number of rotatable bonds is 2. The predicted molar refractivity (Wildman–Crippen MR) is 62.8 cm³/mol. The molecule has 1 aromatic heterocycles. The summed E-state index contributed by atoms with van der Waals surface area (Å²) in [7, 11) is 0. The normalized spacial score (nSPS) is 11.6. The molecular formula is C13H11F3N2O. The van der Waals surface area contributed by atoms with Crippen LogP contribution in [0.2, 0.25) is 0 Å². The lowest BCUT2D eigenvalue weighted by Crippen LogP contribution is -2.19. The second-order valence-electron chi connectivity index (χ2n) is 3.92. The van der Waals surface area contributed by atoms with E-state index in [9.17, 15) is 18.0 Å². The van der Waals surface area contributed by atoms with Crippen molar-refractivity contribution < 1.29 is 18.0 Å². The van der Waals surface area contributed by atoms with Crippen molar-refractivity contribution in [1.29, 1.82) is 0 Å². The summed E-state index contributed by atoms with van der Waals surface area (Å²) in [6, 6.07) is 4.74. The van der Waals surface area contributed by atoms with E-state index in [1.165, 1.54) is 30.6 Å². The fraction of sp³-hybridized carbons (Fsp3) is 0.231. The highest BCUT2D eigenvalue weighted by molar-refractivity contribution is 5.97. The minimum absolute atomic E-state index is 0.372. The molecule has 0 amide bonds. The van der Waals surface area contributed by atoms with Gasteiger partial charge in [-0.25, -0.2) is 4.98 Å². The smallest absolute Gasteiger partial charge is 0.270 e. The van der Waals surface area contributed by atoms with Gasteiger partial charge >= 0.3 is 6.18 Å². The van der Waals surface area contributed by atoms with Crippen LogP contribution in [-0.2, 0) is 12.6 Å². The van der Waals surface area contributed by atoms with E-state index in [4.69, 9.17) is 0 Å². The van der Waals surface area contributed by atoms with Crippen LogP contribution in [0.25, 0.3) is 0 Å². The van der Waals surface area contributed by atoms with Gasteiger partial charge in [0.2, 0.25) is 0 Å². The van der Waals surface area contributed by atoms with Gasteiger partial charge < -0.3 is 0 Å². The topological polar surface area (TPSA) is 34.9 Å². The van der Waals surface area contributed by atoms with Crippen LogP contribution < -0.4 is 0 Å². The first-order chi connectivity index (χ1) is 8.95. The number of nitrogens with zero attached hydrogens (tertiary/aromatic N) is 2. The molecule has 2 rings (SSSR count). The molecular weight excluding hydrogens is 257 g/mol. The maximum absolute atomic E-state index is 12.9. The fourth-order valence-electron chi connectivity index (χ4n) is 1.83. The third kappa shape index (κ3) is 2.52. The van der Waals surface area contributed by atoms with E-state index in [1.54, 1.807) is 6.92 Å². The Morgan fingerprint density at radius 3 is 2.63 bits per heavy atom. The first-order valence-electron chi connectivity index (χ1n) is 5.68. The molecule has 6 heteroatoms. The van der Waals surface area contributed by atoms with Crippen LogP contribution >= 0.6 is 0 Å². The van der Waals surface area contributed by atoms with Crippen LogP contribution in [0.15, 0.2) is 36.7 Å². The minimum atomic E-state index is -4.56. The summed E-state index contributed by atoms with van der Waals surface area (Å²) in [5.74, 6) is -0.288. The Kier molecular flexibility index (Phi) is 3.42. The van der Waals surface area contributed by atoms with Crippen molar-refractivity contribution >= 4 is 5.91 Å². The summed E-state index contributed by atoms with van der Waals surface area (Å²) in [6.07, 6.45) is -1.33. The molecule has 0 aliphatic heterocycles. The van der Waals surface area contributed by atoms with E-state index >= 15 is 0 Å². The fourth-order valence-corrected chi connectivity index (χ4v) is 1.83. The maximum atomic E-state index is 12.9. The quantitative estimate of drug-likeness (QED) is 0.838. The van der Waals surface area contributed by atoms with Gasteiger partial charge in [0, 0.05) is 18.8 Å². The highest BCUT2D eigenvalue weighted by Crippen LogP contribution is 2.32. The number of hydrogen-bond donors (Lipinski definition) is 0. The summed E-state index contributed by atoms with van der Waals surface area (Å²) in [5.41, 5.74) is -1.31. The number of benzene rings is 1.